The Morgan fingerprint density at radius 1 is 1.33 bits per heavy atom. The van der Waals surface area contributed by atoms with Gasteiger partial charge in [-0.2, -0.15) is 0 Å². The molecule has 0 unspecified atom stereocenters. The molecule has 0 bridgehead atoms. The fourth-order valence-electron chi connectivity index (χ4n) is 3.51. The Morgan fingerprint density at radius 3 is 2.75 bits per heavy atom. The number of aryl methyl sites for hydroxylation is 1. The van der Waals surface area contributed by atoms with E-state index >= 15 is 0 Å². The first-order valence-electron chi connectivity index (χ1n) is 8.70. The van der Waals surface area contributed by atoms with E-state index < -0.39 is 0 Å². The van der Waals surface area contributed by atoms with E-state index in [1.54, 1.807) is 0 Å². The van der Waals surface area contributed by atoms with Crippen LogP contribution in [0.5, 0.6) is 0 Å². The number of carbonyl (C=O) groups excluding carboxylic acids is 1. The van der Waals surface area contributed by atoms with Crippen molar-refractivity contribution in [2.75, 3.05) is 26.2 Å². The van der Waals surface area contributed by atoms with Crippen LogP contribution >= 0.6 is 0 Å². The Kier molecular flexibility index (Phi) is 4.76. The summed E-state index contributed by atoms with van der Waals surface area (Å²) in [5.74, 6) is 1.14. The Morgan fingerprint density at radius 2 is 2.12 bits per heavy atom. The Balaban J connectivity index is 1.84. The lowest BCUT2D eigenvalue weighted by atomic mass is 10.1. The number of aromatic nitrogens is 3. The van der Waals surface area contributed by atoms with E-state index in [4.69, 9.17) is 0 Å². The van der Waals surface area contributed by atoms with Gasteiger partial charge in [-0.25, -0.2) is 4.98 Å². The maximum absolute atomic E-state index is 13.0. The second-order valence-electron chi connectivity index (χ2n) is 6.69. The maximum Gasteiger partial charge on any atom is 0.270 e. The molecule has 3 rings (SSSR count). The predicted octanol–water partition coefficient (Wildman–Crippen LogP) is 2.32. The van der Waals surface area contributed by atoms with Gasteiger partial charge in [-0.15, -0.1) is 0 Å². The largest absolute Gasteiger partial charge is 0.341 e. The number of imidazole rings is 1. The van der Waals surface area contributed by atoms with Gasteiger partial charge in [0, 0.05) is 51.3 Å². The van der Waals surface area contributed by atoms with Crippen LogP contribution in [0.1, 0.15) is 49.2 Å². The summed E-state index contributed by atoms with van der Waals surface area (Å²) in [7, 11) is 2.01. The molecule has 0 aromatic carbocycles. The van der Waals surface area contributed by atoms with Gasteiger partial charge >= 0.3 is 0 Å². The van der Waals surface area contributed by atoms with E-state index in [1.807, 2.05) is 47.2 Å². The fourth-order valence-corrected chi connectivity index (χ4v) is 3.51. The summed E-state index contributed by atoms with van der Waals surface area (Å²) in [6.07, 6.45) is 5.78. The summed E-state index contributed by atoms with van der Waals surface area (Å²) in [4.78, 5) is 21.9. The van der Waals surface area contributed by atoms with Gasteiger partial charge in [0.1, 0.15) is 11.5 Å². The molecule has 2 aromatic rings. The topological polar surface area (TPSA) is 46.3 Å². The smallest absolute Gasteiger partial charge is 0.270 e. The molecule has 1 fully saturated rings. The summed E-state index contributed by atoms with van der Waals surface area (Å²) in [5.41, 5.74) is 0.772. The van der Waals surface area contributed by atoms with Crippen LogP contribution < -0.4 is 0 Å². The molecule has 1 amide bonds. The Bertz CT molecular complexity index is 702. The van der Waals surface area contributed by atoms with Crippen molar-refractivity contribution in [2.45, 2.75) is 32.9 Å². The molecule has 6 heteroatoms. The van der Waals surface area contributed by atoms with Crippen molar-refractivity contribution < 1.29 is 4.79 Å². The van der Waals surface area contributed by atoms with Crippen LogP contribution in [0.4, 0.5) is 0 Å². The van der Waals surface area contributed by atoms with Gasteiger partial charge in [0.05, 0.1) is 6.04 Å². The molecule has 1 aliphatic heterocycles. The van der Waals surface area contributed by atoms with Crippen LogP contribution in [-0.2, 0) is 7.05 Å². The van der Waals surface area contributed by atoms with Crippen molar-refractivity contribution in [3.05, 3.63) is 42.2 Å². The lowest BCUT2D eigenvalue weighted by Crippen LogP contribution is -2.51. The van der Waals surface area contributed by atoms with Crippen LogP contribution in [0, 0.1) is 0 Å². The van der Waals surface area contributed by atoms with E-state index in [0.717, 1.165) is 31.2 Å². The average molecular weight is 329 g/mol. The lowest BCUT2D eigenvalue weighted by Gasteiger charge is -2.40. The van der Waals surface area contributed by atoms with Crippen LogP contribution in [0.15, 0.2) is 30.7 Å². The Hall–Kier alpha value is -2.08. The zero-order valence-electron chi connectivity index (χ0n) is 15.0. The third-order valence-electron chi connectivity index (χ3n) is 4.90. The number of piperazine rings is 1. The first-order chi connectivity index (χ1) is 11.5. The predicted molar refractivity (Wildman–Crippen MR) is 93.9 cm³/mol. The highest BCUT2D eigenvalue weighted by Gasteiger charge is 2.33. The molecule has 1 atom stereocenters. The minimum Gasteiger partial charge on any atom is -0.341 e. The highest BCUT2D eigenvalue weighted by Crippen LogP contribution is 2.25. The molecule has 0 N–H and O–H groups in total. The highest BCUT2D eigenvalue weighted by atomic mass is 16.2. The molecule has 3 heterocycles. The van der Waals surface area contributed by atoms with E-state index in [9.17, 15) is 4.79 Å². The molecule has 2 aromatic heterocycles. The zero-order chi connectivity index (χ0) is 17.3. The molecule has 0 radical (unpaired) electrons. The molecular formula is C18H27N5O. The number of hydrogen-bond acceptors (Lipinski definition) is 3. The second kappa shape index (κ2) is 6.81. The van der Waals surface area contributed by atoms with E-state index in [1.165, 1.54) is 0 Å². The SMILES string of the molecule is CCN1CCN(C(=O)c2cccn2C(C)C)C[C@H]1c1nccn1C. The van der Waals surface area contributed by atoms with Gasteiger partial charge in [-0.1, -0.05) is 6.92 Å². The minimum absolute atomic E-state index is 0.115. The van der Waals surface area contributed by atoms with E-state index in [2.05, 4.69) is 35.2 Å². The summed E-state index contributed by atoms with van der Waals surface area (Å²) in [5, 5.41) is 0. The van der Waals surface area contributed by atoms with Gasteiger partial charge < -0.3 is 14.0 Å². The highest BCUT2D eigenvalue weighted by molar-refractivity contribution is 5.93. The molecule has 0 aliphatic carbocycles. The first kappa shape index (κ1) is 16.8. The van der Waals surface area contributed by atoms with Crippen molar-refractivity contribution in [3.8, 4) is 0 Å². The fraction of sp³-hybridized carbons (Fsp3) is 0.556. The molecule has 0 spiro atoms. The second-order valence-corrected chi connectivity index (χ2v) is 6.69. The summed E-state index contributed by atoms with van der Waals surface area (Å²) in [6.45, 7) is 9.64. The summed E-state index contributed by atoms with van der Waals surface area (Å²) >= 11 is 0. The first-order valence-corrected chi connectivity index (χ1v) is 8.70. The number of amides is 1. The van der Waals surface area contributed by atoms with Crippen molar-refractivity contribution in [2.24, 2.45) is 7.05 Å². The molecule has 24 heavy (non-hydrogen) atoms. The summed E-state index contributed by atoms with van der Waals surface area (Å²) in [6, 6.07) is 4.30. The van der Waals surface area contributed by atoms with Crippen LogP contribution in [-0.4, -0.2) is 56.0 Å². The maximum atomic E-state index is 13.0. The number of hydrogen-bond donors (Lipinski definition) is 0. The van der Waals surface area contributed by atoms with Gasteiger partial charge in [0.15, 0.2) is 0 Å². The van der Waals surface area contributed by atoms with Crippen molar-refractivity contribution in [3.63, 3.8) is 0 Å². The van der Waals surface area contributed by atoms with Crippen LogP contribution in [0.25, 0.3) is 0 Å². The van der Waals surface area contributed by atoms with Gasteiger partial charge in [-0.05, 0) is 32.5 Å². The Labute approximate surface area is 143 Å². The van der Waals surface area contributed by atoms with E-state index in [0.29, 0.717) is 6.54 Å². The average Bonchev–Trinajstić information content (AvgIpc) is 3.22. The number of carbonyl (C=O) groups is 1. The minimum atomic E-state index is 0.115. The normalized spacial score (nSPS) is 19.2. The third kappa shape index (κ3) is 2.98. The van der Waals surface area contributed by atoms with Gasteiger partial charge in [0.25, 0.3) is 5.91 Å². The molecule has 1 aliphatic rings. The van der Waals surface area contributed by atoms with Crippen LogP contribution in [0.3, 0.4) is 0 Å². The van der Waals surface area contributed by atoms with Crippen molar-refractivity contribution in [1.29, 1.82) is 0 Å². The number of rotatable bonds is 4. The summed E-state index contributed by atoms with van der Waals surface area (Å²) < 4.78 is 4.10. The van der Waals surface area contributed by atoms with Gasteiger partial charge in [-0.3, -0.25) is 9.69 Å². The molecule has 6 nitrogen and oxygen atoms in total. The monoisotopic (exact) mass is 329 g/mol. The molecule has 0 saturated carbocycles. The number of likely N-dealkylation sites (N-methyl/N-ethyl adjacent to an activating group) is 1. The quantitative estimate of drug-likeness (QED) is 0.865. The number of nitrogens with zero attached hydrogens (tertiary/aromatic N) is 5. The van der Waals surface area contributed by atoms with Gasteiger partial charge in [0.2, 0.25) is 0 Å². The molecule has 130 valence electrons. The van der Waals surface area contributed by atoms with Crippen molar-refractivity contribution in [1.82, 2.24) is 23.9 Å². The zero-order valence-corrected chi connectivity index (χ0v) is 15.0. The van der Waals surface area contributed by atoms with Crippen molar-refractivity contribution >= 4 is 5.91 Å². The molecule has 1 saturated heterocycles. The molecular weight excluding hydrogens is 302 g/mol. The standard InChI is InChI=1S/C18H27N5O/c1-5-21-11-12-22(13-16(21)17-19-8-10-20(17)4)18(24)15-7-6-9-23(15)14(2)3/h6-10,14,16H,5,11-13H2,1-4H3/t16-/m0/s1. The third-order valence-corrected chi connectivity index (χ3v) is 4.90. The lowest BCUT2D eigenvalue weighted by molar-refractivity contribution is 0.0462. The van der Waals surface area contributed by atoms with E-state index in [-0.39, 0.29) is 18.0 Å². The van der Waals surface area contributed by atoms with Crippen LogP contribution in [0.2, 0.25) is 0 Å².